The molecule has 19 heavy (non-hydrogen) atoms. The third-order valence-electron chi connectivity index (χ3n) is 2.87. The average molecular weight is 292 g/mol. The summed E-state index contributed by atoms with van der Waals surface area (Å²) in [6.45, 7) is 11.7. The minimum absolute atomic E-state index is 0.0359. The number of ketones is 1. The minimum Gasteiger partial charge on any atom is -0.308 e. The van der Waals surface area contributed by atoms with Crippen molar-refractivity contribution >= 4 is 13.4 Å². The summed E-state index contributed by atoms with van der Waals surface area (Å²) in [5, 5.41) is 0. The molecule has 5 heteroatoms. The van der Waals surface area contributed by atoms with Gasteiger partial charge in [0.1, 0.15) is 5.66 Å². The third kappa shape index (κ3) is 5.76. The number of carbonyl (C=O) groups excluding carboxylic acids is 1. The summed E-state index contributed by atoms with van der Waals surface area (Å²) in [5.41, 5.74) is -1.19. The van der Waals surface area contributed by atoms with Crippen molar-refractivity contribution in [1.82, 2.24) is 0 Å². The van der Waals surface area contributed by atoms with Crippen molar-refractivity contribution in [3.63, 3.8) is 0 Å². The van der Waals surface area contributed by atoms with Crippen molar-refractivity contribution in [3.8, 4) is 0 Å². The molecule has 0 aromatic heterocycles. The Morgan fingerprint density at radius 1 is 1.11 bits per heavy atom. The van der Waals surface area contributed by atoms with Gasteiger partial charge in [-0.2, -0.15) is 0 Å². The van der Waals surface area contributed by atoms with Crippen LogP contribution in [0.25, 0.3) is 0 Å². The van der Waals surface area contributed by atoms with Crippen LogP contribution < -0.4 is 0 Å². The third-order valence-corrected chi connectivity index (χ3v) is 5.37. The van der Waals surface area contributed by atoms with Crippen molar-refractivity contribution in [2.24, 2.45) is 5.41 Å². The van der Waals surface area contributed by atoms with E-state index in [1.807, 2.05) is 27.7 Å². The highest BCUT2D eigenvalue weighted by Gasteiger charge is 2.44. The summed E-state index contributed by atoms with van der Waals surface area (Å²) >= 11 is 0. The number of hydrogen-bond acceptors (Lipinski definition) is 4. The lowest BCUT2D eigenvalue weighted by Gasteiger charge is -2.30. The largest absolute Gasteiger partial charge is 0.341 e. The van der Waals surface area contributed by atoms with E-state index in [1.165, 1.54) is 0 Å². The Morgan fingerprint density at radius 3 is 1.89 bits per heavy atom. The fourth-order valence-corrected chi connectivity index (χ4v) is 4.23. The first-order valence-electron chi connectivity index (χ1n) is 7.16. The molecule has 0 saturated carbocycles. The second-order valence-electron chi connectivity index (χ2n) is 5.65. The fraction of sp³-hybridized carbons (Fsp3) is 0.929. The predicted molar refractivity (Wildman–Crippen MR) is 78.6 cm³/mol. The predicted octanol–water partition coefficient (Wildman–Crippen LogP) is 4.43. The summed E-state index contributed by atoms with van der Waals surface area (Å²) in [7, 11) is -3.36. The lowest BCUT2D eigenvalue weighted by Crippen LogP contribution is -2.33. The van der Waals surface area contributed by atoms with Crippen molar-refractivity contribution in [1.29, 1.82) is 0 Å². The van der Waals surface area contributed by atoms with E-state index in [9.17, 15) is 9.36 Å². The van der Waals surface area contributed by atoms with E-state index in [0.717, 1.165) is 12.8 Å². The van der Waals surface area contributed by atoms with Gasteiger partial charge in [-0.15, -0.1) is 0 Å². The molecular formula is C14H29O4P. The summed E-state index contributed by atoms with van der Waals surface area (Å²) in [4.78, 5) is 12.5. The zero-order chi connectivity index (χ0) is 15.1. The number of hydrogen-bond donors (Lipinski definition) is 0. The Bertz CT molecular complexity index is 310. The van der Waals surface area contributed by atoms with Gasteiger partial charge in [-0.25, -0.2) is 0 Å². The summed E-state index contributed by atoms with van der Waals surface area (Å²) < 4.78 is 23.6. The molecular weight excluding hydrogens is 263 g/mol. The van der Waals surface area contributed by atoms with Gasteiger partial charge in [-0.05, 0) is 20.3 Å². The highest BCUT2D eigenvalue weighted by molar-refractivity contribution is 7.55. The zero-order valence-electron chi connectivity index (χ0n) is 13.2. The van der Waals surface area contributed by atoms with E-state index in [-0.39, 0.29) is 19.0 Å². The van der Waals surface area contributed by atoms with E-state index < -0.39 is 18.7 Å². The number of rotatable bonds is 9. The van der Waals surface area contributed by atoms with Gasteiger partial charge in [-0.1, -0.05) is 40.5 Å². The number of carbonyl (C=O) groups is 1. The van der Waals surface area contributed by atoms with Gasteiger partial charge in [0.05, 0.1) is 13.2 Å². The summed E-state index contributed by atoms with van der Waals surface area (Å²) in [6, 6.07) is 0. The molecule has 0 fully saturated rings. The molecule has 0 rings (SSSR count). The summed E-state index contributed by atoms with van der Waals surface area (Å²) in [6.07, 6.45) is 2.35. The molecule has 0 amide bonds. The van der Waals surface area contributed by atoms with Crippen LogP contribution in [-0.4, -0.2) is 24.7 Å². The highest BCUT2D eigenvalue weighted by atomic mass is 31.2. The monoisotopic (exact) mass is 292 g/mol. The van der Waals surface area contributed by atoms with E-state index in [4.69, 9.17) is 9.05 Å². The molecule has 4 nitrogen and oxygen atoms in total. The Balaban J connectivity index is 5.29. The lowest BCUT2D eigenvalue weighted by molar-refractivity contribution is -0.126. The molecule has 0 spiro atoms. The molecule has 0 aliphatic carbocycles. The Hall–Kier alpha value is -0.180. The standard InChI is InChI=1S/C14H29O4P/c1-7-10-11-12(13(15)14(4,5)6)19(16,17-8-2)18-9-3/h12H,7-11H2,1-6H3. The van der Waals surface area contributed by atoms with Crippen LogP contribution in [0.15, 0.2) is 0 Å². The maximum absolute atomic E-state index is 12.8. The summed E-state index contributed by atoms with van der Waals surface area (Å²) in [5.74, 6) is -0.0359. The first-order chi connectivity index (χ1) is 8.72. The highest BCUT2D eigenvalue weighted by Crippen LogP contribution is 2.56. The molecule has 0 aliphatic rings. The number of unbranched alkanes of at least 4 members (excludes halogenated alkanes) is 1. The van der Waals surface area contributed by atoms with Gasteiger partial charge in [0.2, 0.25) is 0 Å². The van der Waals surface area contributed by atoms with E-state index >= 15 is 0 Å². The van der Waals surface area contributed by atoms with Crippen LogP contribution in [0.1, 0.15) is 60.8 Å². The molecule has 0 aliphatic heterocycles. The van der Waals surface area contributed by atoms with E-state index in [0.29, 0.717) is 6.42 Å². The molecule has 0 aromatic rings. The Kier molecular flexibility index (Phi) is 8.11. The van der Waals surface area contributed by atoms with Gasteiger partial charge >= 0.3 is 7.60 Å². The normalized spacial score (nSPS) is 14.4. The molecule has 0 aromatic carbocycles. The molecule has 0 bridgehead atoms. The van der Waals surface area contributed by atoms with Crippen LogP contribution in [0.3, 0.4) is 0 Å². The van der Waals surface area contributed by atoms with Gasteiger partial charge in [-0.3, -0.25) is 9.36 Å². The zero-order valence-corrected chi connectivity index (χ0v) is 14.1. The first-order valence-corrected chi connectivity index (χ1v) is 8.77. The maximum Gasteiger partial charge on any atom is 0.341 e. The minimum atomic E-state index is -3.36. The fourth-order valence-electron chi connectivity index (χ4n) is 1.91. The van der Waals surface area contributed by atoms with Crippen molar-refractivity contribution in [2.45, 2.75) is 66.5 Å². The topological polar surface area (TPSA) is 52.6 Å². The van der Waals surface area contributed by atoms with Crippen LogP contribution >= 0.6 is 7.60 Å². The van der Waals surface area contributed by atoms with E-state index in [2.05, 4.69) is 0 Å². The van der Waals surface area contributed by atoms with Gasteiger partial charge in [0.25, 0.3) is 0 Å². The smallest absolute Gasteiger partial charge is 0.308 e. The molecule has 0 heterocycles. The van der Waals surface area contributed by atoms with Gasteiger partial charge in [0.15, 0.2) is 5.78 Å². The second kappa shape index (κ2) is 8.18. The van der Waals surface area contributed by atoms with Gasteiger partial charge in [0, 0.05) is 5.41 Å². The van der Waals surface area contributed by atoms with Crippen LogP contribution in [0.5, 0.6) is 0 Å². The van der Waals surface area contributed by atoms with Crippen LogP contribution in [-0.2, 0) is 18.4 Å². The molecule has 0 radical (unpaired) electrons. The average Bonchev–Trinajstić information content (AvgIpc) is 2.28. The van der Waals surface area contributed by atoms with Crippen LogP contribution in [0.4, 0.5) is 0 Å². The second-order valence-corrected chi connectivity index (χ2v) is 7.87. The molecule has 1 unspecified atom stereocenters. The van der Waals surface area contributed by atoms with Crippen LogP contribution in [0, 0.1) is 5.41 Å². The quantitative estimate of drug-likeness (QED) is 0.590. The maximum atomic E-state index is 12.8. The van der Waals surface area contributed by atoms with Crippen LogP contribution in [0.2, 0.25) is 0 Å². The van der Waals surface area contributed by atoms with Crippen molar-refractivity contribution in [3.05, 3.63) is 0 Å². The van der Waals surface area contributed by atoms with E-state index in [1.54, 1.807) is 13.8 Å². The molecule has 1 atom stereocenters. The SMILES string of the molecule is CCCCC(C(=O)C(C)(C)C)P(=O)(OCC)OCC. The molecule has 114 valence electrons. The van der Waals surface area contributed by atoms with Crippen molar-refractivity contribution in [2.75, 3.05) is 13.2 Å². The number of Topliss-reactive ketones (excluding diaryl/α,β-unsaturated/α-hetero) is 1. The Morgan fingerprint density at radius 2 is 1.58 bits per heavy atom. The van der Waals surface area contributed by atoms with Gasteiger partial charge < -0.3 is 9.05 Å². The van der Waals surface area contributed by atoms with Crippen molar-refractivity contribution < 1.29 is 18.4 Å². The molecule has 0 saturated heterocycles. The Labute approximate surface area is 117 Å². The first kappa shape index (κ1) is 18.8. The molecule has 0 N–H and O–H groups in total. The lowest BCUT2D eigenvalue weighted by atomic mass is 9.87.